The Morgan fingerprint density at radius 2 is 2.25 bits per heavy atom. The van der Waals surface area contributed by atoms with Crippen LogP contribution in [0.1, 0.15) is 13.3 Å². The molecule has 2 heteroatoms. The van der Waals surface area contributed by atoms with Crippen molar-refractivity contribution in [2.75, 3.05) is 0 Å². The summed E-state index contributed by atoms with van der Waals surface area (Å²) in [4.78, 5) is 9.67. The molecule has 0 aliphatic carbocycles. The van der Waals surface area contributed by atoms with E-state index in [1.807, 2.05) is 6.92 Å². The van der Waals surface area contributed by atoms with Gasteiger partial charge in [-0.15, -0.1) is 0 Å². The van der Waals surface area contributed by atoms with Gasteiger partial charge in [0.2, 0.25) is 0 Å². The van der Waals surface area contributed by atoms with Crippen molar-refractivity contribution in [2.45, 2.75) is 13.3 Å². The number of carbonyl (C=O) groups is 1. The molecule has 0 bridgehead atoms. The molecule has 0 saturated carbocycles. The molecular formula is C6H8O2. The number of hydrogen-bond acceptors (Lipinski definition) is 1. The molecule has 8 heavy (non-hydrogen) atoms. The van der Waals surface area contributed by atoms with Crippen LogP contribution >= 0.6 is 0 Å². The van der Waals surface area contributed by atoms with Gasteiger partial charge in [-0.05, 0) is 6.42 Å². The zero-order valence-electron chi connectivity index (χ0n) is 4.72. The summed E-state index contributed by atoms with van der Waals surface area (Å²) in [6.07, 6.45) is 3.52. The van der Waals surface area contributed by atoms with Crippen molar-refractivity contribution in [3.63, 3.8) is 0 Å². The molecule has 0 spiro atoms. The van der Waals surface area contributed by atoms with E-state index in [0.717, 1.165) is 12.5 Å². The SMILES string of the molecule is CCC=CC(=O)O.[C]. The second-order valence-electron chi connectivity index (χ2n) is 1.15. The highest BCUT2D eigenvalue weighted by atomic mass is 16.4. The molecule has 0 heterocycles. The number of carboxylic acids is 1. The summed E-state index contributed by atoms with van der Waals surface area (Å²) in [6, 6.07) is 0. The Bertz CT molecular complexity index is 84.5. The van der Waals surface area contributed by atoms with Crippen molar-refractivity contribution in [3.05, 3.63) is 19.6 Å². The van der Waals surface area contributed by atoms with E-state index in [2.05, 4.69) is 0 Å². The van der Waals surface area contributed by atoms with Gasteiger partial charge in [-0.25, -0.2) is 4.79 Å². The van der Waals surface area contributed by atoms with Gasteiger partial charge >= 0.3 is 5.97 Å². The first-order valence-corrected chi connectivity index (χ1v) is 2.17. The van der Waals surface area contributed by atoms with Gasteiger partial charge in [-0.1, -0.05) is 13.0 Å². The first kappa shape index (κ1) is 10.2. The zero-order valence-corrected chi connectivity index (χ0v) is 4.72. The summed E-state index contributed by atoms with van der Waals surface area (Å²) in [5, 5.41) is 7.96. The fraction of sp³-hybridized carbons (Fsp3) is 0.333. The smallest absolute Gasteiger partial charge is 0.327 e. The summed E-state index contributed by atoms with van der Waals surface area (Å²) in [5.41, 5.74) is 0. The average molecular weight is 112 g/mol. The lowest BCUT2D eigenvalue weighted by Crippen LogP contribution is -1.84. The van der Waals surface area contributed by atoms with Gasteiger partial charge in [0.1, 0.15) is 0 Å². The van der Waals surface area contributed by atoms with Crippen LogP contribution in [0.2, 0.25) is 0 Å². The lowest BCUT2D eigenvalue weighted by molar-refractivity contribution is -0.131. The minimum Gasteiger partial charge on any atom is -0.478 e. The van der Waals surface area contributed by atoms with Crippen LogP contribution < -0.4 is 0 Å². The monoisotopic (exact) mass is 112 g/mol. The normalized spacial score (nSPS) is 8.62. The largest absolute Gasteiger partial charge is 0.478 e. The van der Waals surface area contributed by atoms with Gasteiger partial charge in [-0.3, -0.25) is 0 Å². The lowest BCUT2D eigenvalue weighted by Gasteiger charge is -1.73. The first-order valence-electron chi connectivity index (χ1n) is 2.17. The van der Waals surface area contributed by atoms with Crippen LogP contribution in [0, 0.1) is 7.43 Å². The molecule has 1 N–H and O–H groups in total. The van der Waals surface area contributed by atoms with Crippen molar-refractivity contribution >= 4 is 5.97 Å². The highest BCUT2D eigenvalue weighted by molar-refractivity contribution is 5.79. The quantitative estimate of drug-likeness (QED) is 0.543. The van der Waals surface area contributed by atoms with Gasteiger partial charge in [-0.2, -0.15) is 0 Å². The van der Waals surface area contributed by atoms with Crippen LogP contribution in [0.15, 0.2) is 12.2 Å². The molecule has 0 aromatic carbocycles. The molecule has 0 aliphatic heterocycles. The van der Waals surface area contributed by atoms with Crippen LogP contribution in [0.4, 0.5) is 0 Å². The summed E-state index contributed by atoms with van der Waals surface area (Å²) < 4.78 is 0. The van der Waals surface area contributed by atoms with Gasteiger partial charge in [0.25, 0.3) is 0 Å². The summed E-state index contributed by atoms with van der Waals surface area (Å²) in [6.45, 7) is 1.89. The number of hydrogen-bond donors (Lipinski definition) is 1. The van der Waals surface area contributed by atoms with E-state index in [9.17, 15) is 4.79 Å². The van der Waals surface area contributed by atoms with Crippen molar-refractivity contribution in [1.29, 1.82) is 0 Å². The minimum absolute atomic E-state index is 0. The highest BCUT2D eigenvalue weighted by Gasteiger charge is 1.79. The maximum atomic E-state index is 9.67. The molecule has 0 unspecified atom stereocenters. The highest BCUT2D eigenvalue weighted by Crippen LogP contribution is 1.76. The van der Waals surface area contributed by atoms with Gasteiger partial charge < -0.3 is 5.11 Å². The fourth-order valence-electron chi connectivity index (χ4n) is 0.219. The third-order valence-corrected chi connectivity index (χ3v) is 0.496. The van der Waals surface area contributed by atoms with Gasteiger partial charge in [0.05, 0.1) is 0 Å². The third kappa shape index (κ3) is 8.96. The van der Waals surface area contributed by atoms with E-state index >= 15 is 0 Å². The van der Waals surface area contributed by atoms with Crippen LogP contribution in [-0.4, -0.2) is 11.1 Å². The number of aliphatic carboxylic acids is 1. The molecule has 2 nitrogen and oxygen atoms in total. The van der Waals surface area contributed by atoms with E-state index < -0.39 is 5.97 Å². The molecule has 0 rings (SSSR count). The lowest BCUT2D eigenvalue weighted by atomic mass is 10.4. The van der Waals surface area contributed by atoms with Crippen molar-refractivity contribution in [1.82, 2.24) is 0 Å². The Morgan fingerprint density at radius 3 is 2.38 bits per heavy atom. The molecule has 4 radical (unpaired) electrons. The second kappa shape index (κ2) is 6.21. The molecule has 0 atom stereocenters. The Labute approximate surface area is 49.8 Å². The van der Waals surface area contributed by atoms with E-state index in [-0.39, 0.29) is 7.43 Å². The van der Waals surface area contributed by atoms with E-state index in [1.54, 1.807) is 6.08 Å². The van der Waals surface area contributed by atoms with E-state index in [0.29, 0.717) is 0 Å². The van der Waals surface area contributed by atoms with Gasteiger partial charge in [0.15, 0.2) is 0 Å². The van der Waals surface area contributed by atoms with Crippen LogP contribution in [0.3, 0.4) is 0 Å². The number of carboxylic acid groups (broad SMARTS) is 1. The molecule has 44 valence electrons. The van der Waals surface area contributed by atoms with Crippen LogP contribution in [0.5, 0.6) is 0 Å². The van der Waals surface area contributed by atoms with Gasteiger partial charge in [0, 0.05) is 13.5 Å². The second-order valence-corrected chi connectivity index (χ2v) is 1.15. The third-order valence-electron chi connectivity index (χ3n) is 0.496. The molecule has 0 fully saturated rings. The Kier molecular flexibility index (Phi) is 7.95. The fourth-order valence-corrected chi connectivity index (χ4v) is 0.219. The predicted octanol–water partition coefficient (Wildman–Crippen LogP) is 1.12. The molecule has 0 aliphatic rings. The van der Waals surface area contributed by atoms with Crippen molar-refractivity contribution in [2.24, 2.45) is 0 Å². The molecule has 0 aromatic rings. The van der Waals surface area contributed by atoms with Crippen molar-refractivity contribution < 1.29 is 9.90 Å². The molecular weight excluding hydrogens is 104 g/mol. The topological polar surface area (TPSA) is 37.3 Å². The van der Waals surface area contributed by atoms with Crippen LogP contribution in [0.25, 0.3) is 0 Å². The minimum atomic E-state index is -0.873. The maximum Gasteiger partial charge on any atom is 0.327 e. The number of rotatable bonds is 2. The number of allylic oxidation sites excluding steroid dienone is 1. The van der Waals surface area contributed by atoms with E-state index in [4.69, 9.17) is 5.11 Å². The first-order chi connectivity index (χ1) is 3.27. The van der Waals surface area contributed by atoms with Crippen molar-refractivity contribution in [3.8, 4) is 0 Å². The molecule has 0 saturated heterocycles. The standard InChI is InChI=1S/C5H8O2.C/c1-2-3-4-5(6)7;/h3-4H,2H2,1H3,(H,6,7);. The Hall–Kier alpha value is -0.790. The maximum absolute atomic E-state index is 9.67. The Balaban J connectivity index is 0. The zero-order chi connectivity index (χ0) is 5.70. The molecule has 0 aromatic heterocycles. The average Bonchev–Trinajstić information content (AvgIpc) is 1.61. The van der Waals surface area contributed by atoms with Crippen LogP contribution in [-0.2, 0) is 4.79 Å². The molecule has 0 amide bonds. The Morgan fingerprint density at radius 1 is 1.75 bits per heavy atom. The predicted molar refractivity (Wildman–Crippen MR) is 30.3 cm³/mol. The van der Waals surface area contributed by atoms with E-state index in [1.165, 1.54) is 0 Å². The summed E-state index contributed by atoms with van der Waals surface area (Å²) in [7, 11) is 0. The summed E-state index contributed by atoms with van der Waals surface area (Å²) in [5.74, 6) is -0.873. The summed E-state index contributed by atoms with van der Waals surface area (Å²) >= 11 is 0.